The summed E-state index contributed by atoms with van der Waals surface area (Å²) in [5, 5.41) is 17.8. The Morgan fingerprint density at radius 3 is 1.37 bits per heavy atom. The van der Waals surface area contributed by atoms with Crippen molar-refractivity contribution >= 4 is 11.9 Å². The normalized spacial score (nSPS) is 15.2. The number of benzene rings is 2. The number of ether oxygens (including phenoxy) is 3. The van der Waals surface area contributed by atoms with Crippen molar-refractivity contribution in [2.45, 2.75) is 213 Å². The standard InChI is InChI=1S/C14H24O2.C14H22O2.C10H16O2.C10H14O.8CH4/c1-10(2)11-7-6-8-12(9-11)13(15)16-14(3,4)5;1-5-15-12(4)16-14-8-6-13(7-9-14)10-11(2)3;1-7(2)8-4-3-5-9(6-8)10(11)12;1-8(2)7-9-3-5-10(11)6-4-9;;;;;;;;/h7,10,12H,6,8-9H2,1-5H3;6-9,11-12H,5,10H2,1-4H3;4,7,9H,3,5-6H2,1-2H3,(H,11,12);3-6,8,11H,7H2,1-2H3;8*1H4. The lowest BCUT2D eigenvalue weighted by atomic mass is 9.84. The minimum atomic E-state index is -0.638. The van der Waals surface area contributed by atoms with Gasteiger partial charge in [0.25, 0.3) is 0 Å². The van der Waals surface area contributed by atoms with Crippen LogP contribution in [0.25, 0.3) is 0 Å². The van der Waals surface area contributed by atoms with E-state index in [4.69, 9.17) is 24.4 Å². The van der Waals surface area contributed by atoms with Gasteiger partial charge in [-0.1, -0.05) is 162 Å². The Balaban J connectivity index is -0.000000103. The van der Waals surface area contributed by atoms with Crippen molar-refractivity contribution in [2.24, 2.45) is 35.5 Å². The maximum Gasteiger partial charge on any atom is 0.309 e. The summed E-state index contributed by atoms with van der Waals surface area (Å²) in [5.74, 6) is 2.91. The van der Waals surface area contributed by atoms with E-state index in [0.717, 1.165) is 57.1 Å². The molecule has 0 heterocycles. The molecule has 2 aliphatic carbocycles. The Morgan fingerprint density at radius 1 is 0.635 bits per heavy atom. The number of aromatic hydroxyl groups is 1. The molecule has 63 heavy (non-hydrogen) atoms. The quantitative estimate of drug-likeness (QED) is 0.124. The summed E-state index contributed by atoms with van der Waals surface area (Å²) in [6, 6.07) is 15.7. The third kappa shape index (κ3) is 35.5. The number of phenolic OH excluding ortho intramolecular Hbond substituents is 1. The van der Waals surface area contributed by atoms with Gasteiger partial charge in [-0.05, 0) is 145 Å². The van der Waals surface area contributed by atoms with Crippen LogP contribution in [0.2, 0.25) is 0 Å². The monoisotopic (exact) mass is 893 g/mol. The zero-order chi connectivity index (χ0) is 41.7. The summed E-state index contributed by atoms with van der Waals surface area (Å²) in [6.45, 7) is 27.7. The van der Waals surface area contributed by atoms with E-state index in [2.05, 4.69) is 79.7 Å². The van der Waals surface area contributed by atoms with Crippen LogP contribution in [0, 0.1) is 35.5 Å². The fourth-order valence-electron chi connectivity index (χ4n) is 6.36. The average Bonchev–Trinajstić information content (AvgIpc) is 3.10. The molecule has 0 spiro atoms. The summed E-state index contributed by atoms with van der Waals surface area (Å²) >= 11 is 0. The summed E-state index contributed by atoms with van der Waals surface area (Å²) in [5.41, 5.74) is 5.00. The third-order valence-electron chi connectivity index (χ3n) is 9.23. The summed E-state index contributed by atoms with van der Waals surface area (Å²) < 4.78 is 16.3. The van der Waals surface area contributed by atoms with Crippen LogP contribution in [0.5, 0.6) is 11.5 Å². The van der Waals surface area contributed by atoms with Crippen molar-refractivity contribution in [1.29, 1.82) is 0 Å². The molecule has 0 aliphatic heterocycles. The molecular weight excluding hydrogens is 785 g/mol. The molecule has 0 bridgehead atoms. The van der Waals surface area contributed by atoms with E-state index >= 15 is 0 Å². The smallest absolute Gasteiger partial charge is 0.309 e. The first-order valence-corrected chi connectivity index (χ1v) is 20.7. The van der Waals surface area contributed by atoms with E-state index < -0.39 is 5.97 Å². The van der Waals surface area contributed by atoms with Gasteiger partial charge in [-0.25, -0.2) is 0 Å². The molecule has 3 unspecified atom stereocenters. The van der Waals surface area contributed by atoms with Gasteiger partial charge in [0, 0.05) is 6.61 Å². The second kappa shape index (κ2) is 40.0. The van der Waals surface area contributed by atoms with Gasteiger partial charge in [0.05, 0.1) is 11.8 Å². The molecule has 2 aromatic rings. The number of allylic oxidation sites excluding steroid dienone is 4. The van der Waals surface area contributed by atoms with Crippen molar-refractivity contribution in [3.8, 4) is 11.5 Å². The van der Waals surface area contributed by atoms with Crippen molar-refractivity contribution in [3.05, 3.63) is 83.0 Å². The van der Waals surface area contributed by atoms with Crippen LogP contribution < -0.4 is 4.74 Å². The topological polar surface area (TPSA) is 102 Å². The number of phenols is 1. The Morgan fingerprint density at radius 2 is 1.02 bits per heavy atom. The number of aliphatic carboxylic acids is 1. The van der Waals surface area contributed by atoms with E-state index in [1.165, 1.54) is 22.3 Å². The highest BCUT2D eigenvalue weighted by Crippen LogP contribution is 2.31. The molecule has 2 aromatic carbocycles. The average molecular weight is 893 g/mol. The van der Waals surface area contributed by atoms with Crippen molar-refractivity contribution < 1.29 is 34.0 Å². The van der Waals surface area contributed by atoms with E-state index in [1.807, 2.05) is 58.9 Å². The maximum absolute atomic E-state index is 11.9. The molecule has 0 amide bonds. The lowest BCUT2D eigenvalue weighted by Gasteiger charge is -2.27. The first-order valence-electron chi connectivity index (χ1n) is 20.7. The molecule has 374 valence electrons. The maximum atomic E-state index is 11.9. The van der Waals surface area contributed by atoms with E-state index in [0.29, 0.717) is 36.0 Å². The number of carboxylic acid groups (broad SMARTS) is 1. The van der Waals surface area contributed by atoms with Gasteiger partial charge in [-0.15, -0.1) is 0 Å². The highest BCUT2D eigenvalue weighted by Gasteiger charge is 2.28. The number of hydrogen-bond acceptors (Lipinski definition) is 6. The number of carbonyl (C=O) groups excluding carboxylic acids is 1. The highest BCUT2D eigenvalue weighted by atomic mass is 16.7. The third-order valence-corrected chi connectivity index (χ3v) is 9.23. The molecule has 2 aliphatic rings. The number of carbonyl (C=O) groups is 2. The molecule has 0 fully saturated rings. The lowest BCUT2D eigenvalue weighted by molar-refractivity contribution is -0.160. The molecule has 3 atom stereocenters. The largest absolute Gasteiger partial charge is 0.508 e. The molecule has 0 saturated heterocycles. The number of esters is 1. The summed E-state index contributed by atoms with van der Waals surface area (Å²) in [7, 11) is 0. The van der Waals surface area contributed by atoms with Crippen LogP contribution in [0.3, 0.4) is 0 Å². The number of rotatable bonds is 12. The molecular formula is C56H108O7. The zero-order valence-electron chi connectivity index (χ0n) is 36.6. The zero-order valence-corrected chi connectivity index (χ0v) is 36.6. The van der Waals surface area contributed by atoms with Gasteiger partial charge >= 0.3 is 11.9 Å². The Labute approximate surface area is 393 Å². The molecule has 0 saturated carbocycles. The first kappa shape index (κ1) is 76.7. The number of hydrogen-bond donors (Lipinski definition) is 2. The Kier molecular flexibility index (Phi) is 48.7. The van der Waals surface area contributed by atoms with Crippen LogP contribution in [0.15, 0.2) is 71.8 Å². The molecule has 0 aromatic heterocycles. The van der Waals surface area contributed by atoms with Gasteiger partial charge in [-0.2, -0.15) is 0 Å². The van der Waals surface area contributed by atoms with Crippen LogP contribution in [-0.4, -0.2) is 40.6 Å². The highest BCUT2D eigenvalue weighted by molar-refractivity contribution is 5.73. The van der Waals surface area contributed by atoms with E-state index in [-0.39, 0.29) is 89.1 Å². The molecule has 7 nitrogen and oxygen atoms in total. The predicted molar refractivity (Wildman–Crippen MR) is 281 cm³/mol. The number of carboxylic acids is 1. The molecule has 4 rings (SSSR count). The Hall–Kier alpha value is -3.58. The predicted octanol–water partition coefficient (Wildman–Crippen LogP) is 17.5. The van der Waals surface area contributed by atoms with Gasteiger partial charge in [0.2, 0.25) is 0 Å². The van der Waals surface area contributed by atoms with E-state index in [9.17, 15) is 9.59 Å². The minimum absolute atomic E-state index is 0. The van der Waals surface area contributed by atoms with Crippen LogP contribution in [0.4, 0.5) is 0 Å². The van der Waals surface area contributed by atoms with Crippen molar-refractivity contribution in [2.75, 3.05) is 6.61 Å². The lowest BCUT2D eigenvalue weighted by Crippen LogP contribution is -2.30. The van der Waals surface area contributed by atoms with Crippen molar-refractivity contribution in [3.63, 3.8) is 0 Å². The van der Waals surface area contributed by atoms with Crippen LogP contribution in [0.1, 0.15) is 199 Å². The van der Waals surface area contributed by atoms with E-state index in [1.54, 1.807) is 12.1 Å². The molecule has 7 heteroatoms. The van der Waals surface area contributed by atoms with Gasteiger partial charge in [0.1, 0.15) is 17.1 Å². The second-order valence-corrected chi connectivity index (χ2v) is 17.3. The van der Waals surface area contributed by atoms with Gasteiger partial charge in [0.15, 0.2) is 6.29 Å². The van der Waals surface area contributed by atoms with Crippen LogP contribution in [-0.2, 0) is 31.9 Å². The fraction of sp³-hybridized carbons (Fsp3) is 0.679. The fourth-order valence-corrected chi connectivity index (χ4v) is 6.36. The van der Waals surface area contributed by atoms with Gasteiger partial charge in [-0.3, -0.25) is 9.59 Å². The van der Waals surface area contributed by atoms with Gasteiger partial charge < -0.3 is 24.4 Å². The SMILES string of the molecule is C.C.C.C.C.C.C.C.CC(C)C1=CCCC(C(=O)O)C1.CC(C)C1=CCCC(C(=O)OC(C)(C)C)C1.CC(C)Cc1ccc(O)cc1.CCOC(C)Oc1ccc(CC(C)C)cc1. The minimum Gasteiger partial charge on any atom is -0.508 e. The summed E-state index contributed by atoms with van der Waals surface area (Å²) in [6.07, 6.45) is 11.8. The van der Waals surface area contributed by atoms with Crippen molar-refractivity contribution in [1.82, 2.24) is 0 Å². The summed E-state index contributed by atoms with van der Waals surface area (Å²) in [4.78, 5) is 22.6. The molecule has 2 N–H and O–H groups in total. The molecule has 0 radical (unpaired) electrons. The second-order valence-electron chi connectivity index (χ2n) is 17.3. The van der Waals surface area contributed by atoms with Crippen LogP contribution >= 0.6 is 0 Å². The Bertz CT molecular complexity index is 1430. The first-order chi connectivity index (χ1) is 25.7.